The number of nitrogens with zero attached hydrogens (tertiary/aromatic N) is 2. The van der Waals surface area contributed by atoms with E-state index in [0.717, 1.165) is 31.6 Å². The molecule has 1 fully saturated rings. The van der Waals surface area contributed by atoms with Gasteiger partial charge in [0.25, 0.3) is 0 Å². The van der Waals surface area contributed by atoms with Gasteiger partial charge in [-0.15, -0.1) is 0 Å². The van der Waals surface area contributed by atoms with Crippen LogP contribution in [0.1, 0.15) is 25.0 Å². The van der Waals surface area contributed by atoms with Crippen molar-refractivity contribution in [2.24, 2.45) is 7.05 Å². The van der Waals surface area contributed by atoms with Crippen molar-refractivity contribution in [3.63, 3.8) is 0 Å². The van der Waals surface area contributed by atoms with Crippen molar-refractivity contribution in [2.45, 2.75) is 31.9 Å². The molecule has 6 nitrogen and oxygen atoms in total. The zero-order valence-corrected chi connectivity index (χ0v) is 11.4. The van der Waals surface area contributed by atoms with E-state index in [4.69, 9.17) is 4.74 Å². The van der Waals surface area contributed by atoms with E-state index in [1.807, 2.05) is 13.1 Å². The molecule has 2 heterocycles. The molecule has 0 unspecified atom stereocenters. The minimum Gasteiger partial charge on any atom is -0.378 e. The molecule has 0 aliphatic carbocycles. The zero-order valence-electron chi connectivity index (χ0n) is 11.4. The van der Waals surface area contributed by atoms with Crippen LogP contribution < -0.4 is 10.6 Å². The van der Waals surface area contributed by atoms with Crippen LogP contribution in [0.5, 0.6) is 0 Å². The highest BCUT2D eigenvalue weighted by Crippen LogP contribution is 2.07. The lowest BCUT2D eigenvalue weighted by atomic mass is 10.1. The van der Waals surface area contributed by atoms with Crippen LogP contribution in [-0.4, -0.2) is 41.5 Å². The Hall–Kier alpha value is -1.40. The molecule has 6 heteroatoms. The van der Waals surface area contributed by atoms with Crippen molar-refractivity contribution < 1.29 is 9.53 Å². The number of aryl methyl sites for hydroxylation is 1. The van der Waals surface area contributed by atoms with Crippen LogP contribution in [0.3, 0.4) is 0 Å². The molecule has 2 rings (SSSR count). The predicted molar refractivity (Wildman–Crippen MR) is 71.5 cm³/mol. The Morgan fingerprint density at radius 1 is 1.58 bits per heavy atom. The summed E-state index contributed by atoms with van der Waals surface area (Å²) in [4.78, 5) is 11.7. The second kappa shape index (κ2) is 7.25. The van der Waals surface area contributed by atoms with Crippen molar-refractivity contribution in [2.75, 3.05) is 19.7 Å². The minimum atomic E-state index is 0.0233. The number of amides is 1. The molecule has 1 amide bonds. The Balaban J connectivity index is 1.58. The van der Waals surface area contributed by atoms with Gasteiger partial charge in [-0.3, -0.25) is 9.48 Å². The number of carbonyl (C=O) groups is 1. The number of hydrogen-bond acceptors (Lipinski definition) is 4. The molecule has 19 heavy (non-hydrogen) atoms. The molecule has 1 aromatic heterocycles. The summed E-state index contributed by atoms with van der Waals surface area (Å²) in [6.45, 7) is 3.04. The maximum Gasteiger partial charge on any atom is 0.222 e. The SMILES string of the molecule is Cn1nccc1CNC(=O)CCOC1CCNCC1. The standard InChI is InChI=1S/C13H22N4O2/c1-17-11(2-8-16-17)10-15-13(18)5-9-19-12-3-6-14-7-4-12/h2,8,12,14H,3-7,9-10H2,1H3,(H,15,18). The van der Waals surface area contributed by atoms with Gasteiger partial charge in [0.15, 0.2) is 0 Å². The first-order valence-corrected chi connectivity index (χ1v) is 6.81. The molecule has 0 atom stereocenters. The first-order chi connectivity index (χ1) is 9.25. The summed E-state index contributed by atoms with van der Waals surface area (Å²) in [5.74, 6) is 0.0233. The highest BCUT2D eigenvalue weighted by molar-refractivity contribution is 5.75. The van der Waals surface area contributed by atoms with Crippen LogP contribution >= 0.6 is 0 Å². The van der Waals surface area contributed by atoms with E-state index in [1.54, 1.807) is 10.9 Å². The average molecular weight is 266 g/mol. The number of carbonyl (C=O) groups excluding carboxylic acids is 1. The monoisotopic (exact) mass is 266 g/mol. The maximum atomic E-state index is 11.7. The fourth-order valence-electron chi connectivity index (χ4n) is 2.13. The quantitative estimate of drug-likeness (QED) is 0.771. The van der Waals surface area contributed by atoms with Crippen LogP contribution in [0.25, 0.3) is 0 Å². The first-order valence-electron chi connectivity index (χ1n) is 6.81. The highest BCUT2D eigenvalue weighted by Gasteiger charge is 2.13. The summed E-state index contributed by atoms with van der Waals surface area (Å²) in [5.41, 5.74) is 0.993. The number of ether oxygens (including phenoxy) is 1. The molecule has 1 saturated heterocycles. The van der Waals surface area contributed by atoms with Gasteiger partial charge in [-0.2, -0.15) is 5.10 Å². The molecule has 106 valence electrons. The van der Waals surface area contributed by atoms with Crippen LogP contribution in [-0.2, 0) is 23.1 Å². The van der Waals surface area contributed by atoms with Crippen LogP contribution in [0, 0.1) is 0 Å². The van der Waals surface area contributed by atoms with Crippen molar-refractivity contribution in [1.29, 1.82) is 0 Å². The summed E-state index contributed by atoms with van der Waals surface area (Å²) >= 11 is 0. The van der Waals surface area contributed by atoms with Gasteiger partial charge in [0.2, 0.25) is 5.91 Å². The van der Waals surface area contributed by atoms with Crippen LogP contribution in [0.15, 0.2) is 12.3 Å². The van der Waals surface area contributed by atoms with E-state index in [1.165, 1.54) is 0 Å². The molecule has 0 bridgehead atoms. The Kier molecular flexibility index (Phi) is 5.35. The van der Waals surface area contributed by atoms with Crippen molar-refractivity contribution in [1.82, 2.24) is 20.4 Å². The summed E-state index contributed by atoms with van der Waals surface area (Å²) in [5, 5.41) is 10.2. The molecule has 0 aromatic carbocycles. The summed E-state index contributed by atoms with van der Waals surface area (Å²) in [6, 6.07) is 1.89. The molecule has 0 spiro atoms. The smallest absolute Gasteiger partial charge is 0.222 e. The van der Waals surface area contributed by atoms with E-state index >= 15 is 0 Å². The number of hydrogen-bond donors (Lipinski definition) is 2. The van der Waals surface area contributed by atoms with E-state index < -0.39 is 0 Å². The molecular formula is C13H22N4O2. The molecule has 0 radical (unpaired) electrons. The fourth-order valence-corrected chi connectivity index (χ4v) is 2.13. The van der Waals surface area contributed by atoms with Gasteiger partial charge in [-0.25, -0.2) is 0 Å². The highest BCUT2D eigenvalue weighted by atomic mass is 16.5. The maximum absolute atomic E-state index is 11.7. The first kappa shape index (κ1) is 14.0. The van der Waals surface area contributed by atoms with E-state index in [2.05, 4.69) is 15.7 Å². The predicted octanol–water partition coefficient (Wildman–Crippen LogP) is 0.195. The number of nitrogens with one attached hydrogen (secondary N) is 2. The molecule has 1 aromatic rings. The topological polar surface area (TPSA) is 68.2 Å². The third-order valence-electron chi connectivity index (χ3n) is 3.36. The van der Waals surface area contributed by atoms with Crippen LogP contribution in [0.2, 0.25) is 0 Å². The zero-order chi connectivity index (χ0) is 13.5. The molecular weight excluding hydrogens is 244 g/mol. The lowest BCUT2D eigenvalue weighted by molar-refractivity contribution is -0.122. The van der Waals surface area contributed by atoms with Gasteiger partial charge < -0.3 is 15.4 Å². The number of piperidine rings is 1. The summed E-state index contributed by atoms with van der Waals surface area (Å²) in [6.07, 6.45) is 4.53. The summed E-state index contributed by atoms with van der Waals surface area (Å²) in [7, 11) is 1.86. The number of rotatable bonds is 6. The molecule has 1 aliphatic rings. The molecule has 0 saturated carbocycles. The Labute approximate surface area is 113 Å². The lowest BCUT2D eigenvalue weighted by Gasteiger charge is -2.22. The van der Waals surface area contributed by atoms with Gasteiger partial charge in [-0.05, 0) is 32.0 Å². The average Bonchev–Trinajstić information content (AvgIpc) is 2.83. The van der Waals surface area contributed by atoms with Crippen molar-refractivity contribution in [3.8, 4) is 0 Å². The van der Waals surface area contributed by atoms with E-state index in [-0.39, 0.29) is 5.91 Å². The normalized spacial score (nSPS) is 16.5. The van der Waals surface area contributed by atoms with Gasteiger partial charge >= 0.3 is 0 Å². The third-order valence-corrected chi connectivity index (χ3v) is 3.36. The lowest BCUT2D eigenvalue weighted by Crippen LogP contribution is -2.33. The minimum absolute atomic E-state index is 0.0233. The Morgan fingerprint density at radius 2 is 2.37 bits per heavy atom. The largest absolute Gasteiger partial charge is 0.378 e. The molecule has 2 N–H and O–H groups in total. The van der Waals surface area contributed by atoms with E-state index in [9.17, 15) is 4.79 Å². The van der Waals surface area contributed by atoms with Crippen LogP contribution in [0.4, 0.5) is 0 Å². The second-order valence-electron chi connectivity index (χ2n) is 4.79. The second-order valence-corrected chi connectivity index (χ2v) is 4.79. The fraction of sp³-hybridized carbons (Fsp3) is 0.692. The Bertz CT molecular complexity index is 399. The summed E-state index contributed by atoms with van der Waals surface area (Å²) < 4.78 is 7.45. The van der Waals surface area contributed by atoms with Gasteiger partial charge in [0.1, 0.15) is 0 Å². The van der Waals surface area contributed by atoms with Gasteiger partial charge in [0, 0.05) is 19.7 Å². The Morgan fingerprint density at radius 3 is 3.05 bits per heavy atom. The van der Waals surface area contributed by atoms with Gasteiger partial charge in [-0.1, -0.05) is 0 Å². The van der Waals surface area contributed by atoms with Gasteiger partial charge in [0.05, 0.1) is 24.9 Å². The third kappa shape index (κ3) is 4.65. The molecule has 1 aliphatic heterocycles. The van der Waals surface area contributed by atoms with Crippen molar-refractivity contribution >= 4 is 5.91 Å². The van der Waals surface area contributed by atoms with E-state index in [0.29, 0.717) is 25.7 Å². The number of aromatic nitrogens is 2. The van der Waals surface area contributed by atoms with Crippen molar-refractivity contribution in [3.05, 3.63) is 18.0 Å².